The normalized spacial score (nSPS) is 11.7. The second kappa shape index (κ2) is 9.24. The number of fused-ring (bicyclic) bond motifs is 1. The first kappa shape index (κ1) is 19.0. The van der Waals surface area contributed by atoms with Crippen molar-refractivity contribution < 1.29 is 4.74 Å². The van der Waals surface area contributed by atoms with Gasteiger partial charge in [0.2, 0.25) is 0 Å². The van der Waals surface area contributed by atoms with Crippen LogP contribution in [-0.2, 0) is 24.3 Å². The molecule has 3 N–H and O–H groups in total. The summed E-state index contributed by atoms with van der Waals surface area (Å²) in [6.45, 7) is 4.29. The summed E-state index contributed by atoms with van der Waals surface area (Å²) >= 11 is 0. The highest BCUT2D eigenvalue weighted by atomic mass is 16.5. The third-order valence-corrected chi connectivity index (χ3v) is 4.60. The van der Waals surface area contributed by atoms with Gasteiger partial charge in [-0.3, -0.25) is 4.99 Å². The molecule has 0 aliphatic carbocycles. The molecule has 0 unspecified atom stereocenters. The number of H-pyrrole nitrogens is 1. The second-order valence-corrected chi connectivity index (χ2v) is 6.72. The van der Waals surface area contributed by atoms with Gasteiger partial charge in [0.25, 0.3) is 0 Å². The van der Waals surface area contributed by atoms with Gasteiger partial charge in [-0.1, -0.05) is 36.4 Å². The van der Waals surface area contributed by atoms with Crippen LogP contribution in [-0.4, -0.2) is 31.6 Å². The predicted octanol–water partition coefficient (Wildman–Crippen LogP) is 3.53. The molecular formula is C22H28N4O. The van der Waals surface area contributed by atoms with E-state index in [1.807, 2.05) is 0 Å². The average molecular weight is 364 g/mol. The Balaban J connectivity index is 1.51. The Labute approximate surface area is 160 Å². The lowest BCUT2D eigenvalue weighted by Gasteiger charge is -2.12. The molecule has 0 radical (unpaired) electrons. The Hall–Kier alpha value is -2.79. The quantitative estimate of drug-likeness (QED) is 0.444. The zero-order valence-electron chi connectivity index (χ0n) is 16.3. The van der Waals surface area contributed by atoms with E-state index in [1.165, 1.54) is 33.2 Å². The van der Waals surface area contributed by atoms with Crippen molar-refractivity contribution in [2.75, 3.05) is 20.7 Å². The Bertz CT molecular complexity index is 914. The molecule has 0 spiro atoms. The number of methoxy groups -OCH3 is 1. The number of benzene rings is 2. The van der Waals surface area contributed by atoms with Gasteiger partial charge in [-0.2, -0.15) is 0 Å². The predicted molar refractivity (Wildman–Crippen MR) is 112 cm³/mol. The van der Waals surface area contributed by atoms with Crippen LogP contribution in [0.2, 0.25) is 0 Å². The van der Waals surface area contributed by atoms with Gasteiger partial charge < -0.3 is 20.4 Å². The molecule has 3 rings (SSSR count). The molecule has 27 heavy (non-hydrogen) atoms. The van der Waals surface area contributed by atoms with Crippen LogP contribution in [0, 0.1) is 6.92 Å². The summed E-state index contributed by atoms with van der Waals surface area (Å²) < 4.78 is 5.20. The molecule has 3 aromatic rings. The molecule has 1 heterocycles. The summed E-state index contributed by atoms with van der Waals surface area (Å²) in [5.74, 6) is 0.808. The smallest absolute Gasteiger partial charge is 0.191 e. The number of hydrogen-bond donors (Lipinski definition) is 3. The Morgan fingerprint density at radius 3 is 2.78 bits per heavy atom. The van der Waals surface area contributed by atoms with E-state index < -0.39 is 0 Å². The topological polar surface area (TPSA) is 61.4 Å². The lowest BCUT2D eigenvalue weighted by Crippen LogP contribution is -2.37. The van der Waals surface area contributed by atoms with Crippen molar-refractivity contribution in [3.05, 3.63) is 70.9 Å². The minimum Gasteiger partial charge on any atom is -0.380 e. The van der Waals surface area contributed by atoms with Gasteiger partial charge in [-0.05, 0) is 41.7 Å². The number of rotatable bonds is 7. The van der Waals surface area contributed by atoms with Crippen molar-refractivity contribution >= 4 is 16.9 Å². The van der Waals surface area contributed by atoms with Crippen LogP contribution in [0.1, 0.15) is 22.3 Å². The number of aliphatic imine (C=N–C) groups is 1. The fraction of sp³-hybridized carbons (Fsp3) is 0.318. The maximum atomic E-state index is 5.20. The zero-order chi connectivity index (χ0) is 19.1. The summed E-state index contributed by atoms with van der Waals surface area (Å²) in [5, 5.41) is 8.06. The number of ether oxygens (including phenoxy) is 1. The number of guanidine groups is 1. The van der Waals surface area contributed by atoms with Crippen molar-refractivity contribution in [2.45, 2.75) is 26.5 Å². The summed E-state index contributed by atoms with van der Waals surface area (Å²) in [6, 6.07) is 14.9. The maximum absolute atomic E-state index is 5.20. The minimum absolute atomic E-state index is 0.630. The van der Waals surface area contributed by atoms with Gasteiger partial charge in [-0.15, -0.1) is 0 Å². The van der Waals surface area contributed by atoms with Gasteiger partial charge >= 0.3 is 0 Å². The molecule has 2 aromatic carbocycles. The highest BCUT2D eigenvalue weighted by molar-refractivity contribution is 5.84. The number of nitrogens with one attached hydrogen (secondary N) is 3. The Morgan fingerprint density at radius 2 is 1.96 bits per heavy atom. The number of aromatic amines is 1. The molecule has 0 saturated carbocycles. The highest BCUT2D eigenvalue weighted by Crippen LogP contribution is 2.19. The third kappa shape index (κ3) is 5.11. The summed E-state index contributed by atoms with van der Waals surface area (Å²) in [4.78, 5) is 7.68. The Morgan fingerprint density at radius 1 is 1.11 bits per heavy atom. The summed E-state index contributed by atoms with van der Waals surface area (Å²) in [7, 11) is 3.51. The molecule has 5 heteroatoms. The second-order valence-electron chi connectivity index (χ2n) is 6.72. The zero-order valence-corrected chi connectivity index (χ0v) is 16.3. The first-order chi connectivity index (χ1) is 13.2. The van der Waals surface area contributed by atoms with Crippen molar-refractivity contribution in [3.8, 4) is 0 Å². The van der Waals surface area contributed by atoms with Crippen LogP contribution >= 0.6 is 0 Å². The van der Waals surface area contributed by atoms with Crippen molar-refractivity contribution in [1.82, 2.24) is 15.6 Å². The van der Waals surface area contributed by atoms with Crippen LogP contribution in [0.25, 0.3) is 10.9 Å². The van der Waals surface area contributed by atoms with Crippen LogP contribution in [0.15, 0.2) is 53.7 Å². The molecule has 1 aromatic heterocycles. The fourth-order valence-corrected chi connectivity index (χ4v) is 3.23. The van der Waals surface area contributed by atoms with Gasteiger partial charge in [0.15, 0.2) is 5.96 Å². The van der Waals surface area contributed by atoms with E-state index >= 15 is 0 Å². The first-order valence-corrected chi connectivity index (χ1v) is 9.27. The molecule has 0 atom stereocenters. The van der Waals surface area contributed by atoms with Crippen LogP contribution in [0.4, 0.5) is 0 Å². The van der Waals surface area contributed by atoms with E-state index in [9.17, 15) is 0 Å². The van der Waals surface area contributed by atoms with E-state index in [0.717, 1.165) is 25.5 Å². The third-order valence-electron chi connectivity index (χ3n) is 4.60. The van der Waals surface area contributed by atoms with E-state index in [2.05, 4.69) is 76.2 Å². The highest BCUT2D eigenvalue weighted by Gasteiger charge is 2.05. The van der Waals surface area contributed by atoms with Crippen LogP contribution < -0.4 is 10.6 Å². The van der Waals surface area contributed by atoms with Crippen molar-refractivity contribution in [2.24, 2.45) is 4.99 Å². The van der Waals surface area contributed by atoms with Crippen molar-refractivity contribution in [3.63, 3.8) is 0 Å². The molecule has 0 bridgehead atoms. The van der Waals surface area contributed by atoms with E-state index in [4.69, 9.17) is 4.74 Å². The van der Waals surface area contributed by atoms with Gasteiger partial charge in [0.1, 0.15) is 0 Å². The largest absolute Gasteiger partial charge is 0.380 e. The maximum Gasteiger partial charge on any atom is 0.191 e. The number of nitrogens with zero attached hydrogens (tertiary/aromatic N) is 1. The van der Waals surface area contributed by atoms with Crippen LogP contribution in [0.5, 0.6) is 0 Å². The van der Waals surface area contributed by atoms with E-state index in [-0.39, 0.29) is 0 Å². The number of aryl methyl sites for hydroxylation is 1. The summed E-state index contributed by atoms with van der Waals surface area (Å²) in [5.41, 5.74) is 6.17. The van der Waals surface area contributed by atoms with E-state index in [1.54, 1.807) is 14.2 Å². The lowest BCUT2D eigenvalue weighted by molar-refractivity contribution is 0.185. The molecule has 0 aliphatic heterocycles. The molecule has 0 saturated heterocycles. The number of aromatic nitrogens is 1. The summed E-state index contributed by atoms with van der Waals surface area (Å²) in [6.07, 6.45) is 3.04. The minimum atomic E-state index is 0.630. The Kier molecular flexibility index (Phi) is 6.49. The molecule has 0 amide bonds. The fourth-order valence-electron chi connectivity index (χ4n) is 3.23. The number of hydrogen-bond acceptors (Lipinski definition) is 2. The molecule has 5 nitrogen and oxygen atoms in total. The molecule has 0 aliphatic rings. The SMILES string of the molecule is CN=C(NCCc1c[nH]c2cc(C)ccc12)NCc1cccc(COC)c1. The molecule has 142 valence electrons. The van der Waals surface area contributed by atoms with E-state index in [0.29, 0.717) is 6.61 Å². The van der Waals surface area contributed by atoms with Gasteiger partial charge in [0.05, 0.1) is 6.61 Å². The van der Waals surface area contributed by atoms with Crippen molar-refractivity contribution in [1.29, 1.82) is 0 Å². The lowest BCUT2D eigenvalue weighted by atomic mass is 10.1. The first-order valence-electron chi connectivity index (χ1n) is 9.27. The monoisotopic (exact) mass is 364 g/mol. The van der Waals surface area contributed by atoms with Gasteiger partial charge in [-0.25, -0.2) is 0 Å². The molecular weight excluding hydrogens is 336 g/mol. The molecule has 0 fully saturated rings. The van der Waals surface area contributed by atoms with Crippen LogP contribution in [0.3, 0.4) is 0 Å². The van der Waals surface area contributed by atoms with Gasteiger partial charge in [0, 0.05) is 44.3 Å². The average Bonchev–Trinajstić information content (AvgIpc) is 3.07. The standard InChI is InChI=1S/C22H28N4O/c1-16-7-8-20-19(14-25-21(20)11-16)9-10-24-22(23-2)26-13-17-5-4-6-18(12-17)15-27-3/h4-8,11-12,14,25H,9-10,13,15H2,1-3H3,(H2,23,24,26).